The zero-order valence-electron chi connectivity index (χ0n) is 16.4. The predicted molar refractivity (Wildman–Crippen MR) is 103 cm³/mol. The molecule has 2 heterocycles. The zero-order chi connectivity index (χ0) is 21.3. The highest BCUT2D eigenvalue weighted by molar-refractivity contribution is 5.69. The molecule has 0 amide bonds. The van der Waals surface area contributed by atoms with Crippen molar-refractivity contribution in [2.24, 2.45) is 14.1 Å². The maximum atomic E-state index is 12.4. The van der Waals surface area contributed by atoms with E-state index in [4.69, 9.17) is 0 Å². The number of rotatable bonds is 7. The molecule has 12 heteroatoms. The predicted octanol–water partition coefficient (Wildman–Crippen LogP) is -5.49. The lowest BCUT2D eigenvalue weighted by Gasteiger charge is -2.14. The minimum atomic E-state index is -0.899. The second-order valence-corrected chi connectivity index (χ2v) is 6.95. The van der Waals surface area contributed by atoms with Crippen LogP contribution >= 0.6 is 0 Å². The third-order valence-electron chi connectivity index (χ3n) is 4.84. The molecule has 3 rings (SSSR count). The van der Waals surface area contributed by atoms with E-state index in [2.05, 4.69) is 4.98 Å². The molecule has 2 atom stereocenters. The number of hydrogen-bond donors (Lipinski definition) is 5. The van der Waals surface area contributed by atoms with E-state index in [9.17, 15) is 30.0 Å². The van der Waals surface area contributed by atoms with Crippen LogP contribution in [0.15, 0.2) is 34.1 Å². The molecule has 6 N–H and O–H groups in total. The molecule has 0 radical (unpaired) electrons. The molecule has 2 unspecified atom stereocenters. The number of benzene rings is 1. The SMILES string of the molecule is Cn1c(=O)c2c(ncn2CC(O)C[NH2+]CC(O)c2ccc(O)c(O)c2)n(C)c1=O.[Cl-]. The highest BCUT2D eigenvalue weighted by Crippen LogP contribution is 2.27. The average molecular weight is 442 g/mol. The molecule has 0 saturated carbocycles. The van der Waals surface area contributed by atoms with Crippen LogP contribution in [0.25, 0.3) is 11.2 Å². The fraction of sp³-hybridized carbons (Fsp3) is 0.389. The van der Waals surface area contributed by atoms with Crippen molar-refractivity contribution in [1.29, 1.82) is 0 Å². The number of nitrogens with zero attached hydrogens (tertiary/aromatic N) is 4. The van der Waals surface area contributed by atoms with Gasteiger partial charge in [0.2, 0.25) is 0 Å². The molecule has 3 aromatic rings. The number of nitrogens with two attached hydrogens (primary N) is 1. The van der Waals surface area contributed by atoms with Crippen LogP contribution in [-0.2, 0) is 20.6 Å². The number of hydrogen-bond acceptors (Lipinski definition) is 7. The highest BCUT2D eigenvalue weighted by atomic mass is 35.5. The van der Waals surface area contributed by atoms with Gasteiger partial charge < -0.3 is 42.7 Å². The lowest BCUT2D eigenvalue weighted by Crippen LogP contribution is -3.00. The molecule has 164 valence electrons. The van der Waals surface area contributed by atoms with E-state index in [-0.39, 0.29) is 54.7 Å². The third-order valence-corrected chi connectivity index (χ3v) is 4.84. The van der Waals surface area contributed by atoms with Crippen LogP contribution in [0.3, 0.4) is 0 Å². The highest BCUT2D eigenvalue weighted by Gasteiger charge is 2.18. The second-order valence-electron chi connectivity index (χ2n) is 6.95. The largest absolute Gasteiger partial charge is 1.00 e. The van der Waals surface area contributed by atoms with Gasteiger partial charge in [0.15, 0.2) is 22.7 Å². The number of aromatic nitrogens is 4. The number of fused-ring (bicyclic) bond motifs is 1. The van der Waals surface area contributed by atoms with Crippen LogP contribution in [-0.4, -0.2) is 58.3 Å². The van der Waals surface area contributed by atoms with Gasteiger partial charge in [0.05, 0.1) is 12.9 Å². The molecule has 2 aromatic heterocycles. The van der Waals surface area contributed by atoms with E-state index >= 15 is 0 Å². The van der Waals surface area contributed by atoms with Crippen molar-refractivity contribution in [2.75, 3.05) is 13.1 Å². The maximum Gasteiger partial charge on any atom is 0.332 e. The molecule has 0 fully saturated rings. The first kappa shape index (κ1) is 23.4. The Morgan fingerprint density at radius 3 is 2.43 bits per heavy atom. The fourth-order valence-electron chi connectivity index (χ4n) is 3.17. The monoisotopic (exact) mass is 441 g/mol. The molecule has 0 aliphatic carbocycles. The molecule has 0 spiro atoms. The molecular weight excluding hydrogens is 418 g/mol. The number of halogens is 1. The summed E-state index contributed by atoms with van der Waals surface area (Å²) < 4.78 is 3.77. The van der Waals surface area contributed by atoms with E-state index in [0.717, 1.165) is 4.57 Å². The molecular formula is C18H24ClN5O6. The van der Waals surface area contributed by atoms with Crippen LogP contribution in [0.1, 0.15) is 11.7 Å². The Morgan fingerprint density at radius 1 is 1.07 bits per heavy atom. The Labute approximate surface area is 176 Å². The molecule has 0 bridgehead atoms. The minimum absolute atomic E-state index is 0. The van der Waals surface area contributed by atoms with E-state index < -0.39 is 23.5 Å². The van der Waals surface area contributed by atoms with Gasteiger partial charge in [-0.25, -0.2) is 9.78 Å². The van der Waals surface area contributed by atoms with Crippen molar-refractivity contribution >= 4 is 11.2 Å². The average Bonchev–Trinajstić information content (AvgIpc) is 3.10. The number of quaternary nitrogens is 1. The summed E-state index contributed by atoms with van der Waals surface area (Å²) in [6, 6.07) is 4.07. The molecule has 1 aromatic carbocycles. The summed E-state index contributed by atoms with van der Waals surface area (Å²) in [5, 5.41) is 41.0. The van der Waals surface area contributed by atoms with Crippen molar-refractivity contribution in [3.8, 4) is 11.5 Å². The van der Waals surface area contributed by atoms with Crippen molar-refractivity contribution < 1.29 is 38.1 Å². The first-order chi connectivity index (χ1) is 13.7. The quantitative estimate of drug-likeness (QED) is 0.229. The van der Waals surface area contributed by atoms with Crippen LogP contribution < -0.4 is 29.0 Å². The summed E-state index contributed by atoms with van der Waals surface area (Å²) in [6.45, 7) is 0.561. The normalized spacial score (nSPS) is 13.2. The van der Waals surface area contributed by atoms with Crippen LogP contribution in [0.5, 0.6) is 11.5 Å². The Balaban J connectivity index is 0.00000320. The number of aliphatic hydroxyl groups is 2. The maximum absolute atomic E-state index is 12.4. The van der Waals surface area contributed by atoms with E-state index in [0.29, 0.717) is 5.56 Å². The van der Waals surface area contributed by atoms with Gasteiger partial charge in [0.25, 0.3) is 5.56 Å². The van der Waals surface area contributed by atoms with Gasteiger partial charge in [-0.1, -0.05) is 6.07 Å². The first-order valence-corrected chi connectivity index (χ1v) is 9.01. The van der Waals surface area contributed by atoms with Gasteiger partial charge in [-0.05, 0) is 17.7 Å². The van der Waals surface area contributed by atoms with Gasteiger partial charge in [0, 0.05) is 14.1 Å². The number of aryl methyl sites for hydroxylation is 1. The number of phenols is 2. The molecule has 0 saturated heterocycles. The Hall–Kier alpha value is -2.86. The van der Waals surface area contributed by atoms with Crippen molar-refractivity contribution in [3.05, 3.63) is 50.9 Å². The number of imidazole rings is 1. The van der Waals surface area contributed by atoms with Crippen molar-refractivity contribution in [2.45, 2.75) is 18.8 Å². The zero-order valence-corrected chi connectivity index (χ0v) is 17.2. The molecule has 11 nitrogen and oxygen atoms in total. The summed E-state index contributed by atoms with van der Waals surface area (Å²) in [6.07, 6.45) is -0.331. The minimum Gasteiger partial charge on any atom is -1.00 e. The molecule has 30 heavy (non-hydrogen) atoms. The summed E-state index contributed by atoms with van der Waals surface area (Å²) >= 11 is 0. The van der Waals surface area contributed by atoms with E-state index in [1.165, 1.54) is 47.8 Å². The summed E-state index contributed by atoms with van der Waals surface area (Å²) in [7, 11) is 2.91. The number of aliphatic hydroxyl groups excluding tert-OH is 2. The number of phenolic OH excluding ortho intramolecular Hbond substituents is 2. The number of aromatic hydroxyl groups is 2. The van der Waals surface area contributed by atoms with Crippen molar-refractivity contribution in [3.63, 3.8) is 0 Å². The van der Waals surface area contributed by atoms with Crippen LogP contribution in [0, 0.1) is 0 Å². The van der Waals surface area contributed by atoms with Crippen LogP contribution in [0.2, 0.25) is 0 Å². The summed E-state index contributed by atoms with van der Waals surface area (Å²) in [5.41, 5.74) is -0.0450. The Kier molecular flexibility index (Phi) is 7.26. The van der Waals surface area contributed by atoms with Gasteiger partial charge in [-0.15, -0.1) is 0 Å². The lowest BCUT2D eigenvalue weighted by molar-refractivity contribution is -0.668. The van der Waals surface area contributed by atoms with Gasteiger partial charge in [-0.2, -0.15) is 0 Å². The van der Waals surface area contributed by atoms with Gasteiger partial charge in [-0.3, -0.25) is 13.9 Å². The molecule has 0 aliphatic heterocycles. The Bertz CT molecular complexity index is 1150. The standard InChI is InChI=1S/C18H23N5O6.ClH/c1-21-16-15(17(28)22(2)18(21)29)23(9-20-16)8-11(24)6-19-7-14(27)10-3-4-12(25)13(26)5-10;/h3-5,9,11,14,19,24-27H,6-8H2,1-2H3;1H. The van der Waals surface area contributed by atoms with Crippen LogP contribution in [0.4, 0.5) is 0 Å². The smallest absolute Gasteiger partial charge is 0.332 e. The van der Waals surface area contributed by atoms with Gasteiger partial charge >= 0.3 is 5.69 Å². The van der Waals surface area contributed by atoms with Gasteiger partial charge in [0.1, 0.15) is 25.3 Å². The van der Waals surface area contributed by atoms with E-state index in [1.54, 1.807) is 5.32 Å². The fourth-order valence-corrected chi connectivity index (χ4v) is 3.17. The van der Waals surface area contributed by atoms with Crippen molar-refractivity contribution in [1.82, 2.24) is 18.7 Å². The lowest BCUT2D eigenvalue weighted by atomic mass is 10.1. The molecule has 0 aliphatic rings. The Morgan fingerprint density at radius 2 is 1.77 bits per heavy atom. The second kappa shape index (κ2) is 9.30. The van der Waals surface area contributed by atoms with E-state index in [1.807, 2.05) is 0 Å². The summed E-state index contributed by atoms with van der Waals surface area (Å²) in [5.74, 6) is -0.582. The first-order valence-electron chi connectivity index (χ1n) is 9.01. The topological polar surface area (TPSA) is 159 Å². The third kappa shape index (κ3) is 4.49. The summed E-state index contributed by atoms with van der Waals surface area (Å²) in [4.78, 5) is 28.5.